The summed E-state index contributed by atoms with van der Waals surface area (Å²) >= 11 is 0. The highest BCUT2D eigenvalue weighted by atomic mass is 32.2. The number of aryl methyl sites for hydroxylation is 1. The van der Waals surface area contributed by atoms with Gasteiger partial charge in [-0.1, -0.05) is 6.07 Å². The van der Waals surface area contributed by atoms with Crippen molar-refractivity contribution in [3.05, 3.63) is 58.9 Å². The second-order valence-corrected chi connectivity index (χ2v) is 9.33. The zero-order valence-corrected chi connectivity index (χ0v) is 18.5. The molecule has 0 spiro atoms. The van der Waals surface area contributed by atoms with E-state index in [1.165, 1.54) is 43.1 Å². The molecule has 2 aromatic carbocycles. The Morgan fingerprint density at radius 3 is 2.45 bits per heavy atom. The number of benzene rings is 2. The van der Waals surface area contributed by atoms with Crippen LogP contribution in [0.2, 0.25) is 0 Å². The first-order valence-corrected chi connectivity index (χ1v) is 11.2. The van der Waals surface area contributed by atoms with Crippen molar-refractivity contribution in [2.45, 2.75) is 24.0 Å². The molecule has 1 atom stereocenters. The fourth-order valence-electron chi connectivity index (χ4n) is 3.60. The highest BCUT2D eigenvalue weighted by molar-refractivity contribution is 7.89. The number of rotatable bonds is 4. The van der Waals surface area contributed by atoms with Crippen LogP contribution in [0.1, 0.15) is 16.7 Å². The molecule has 1 unspecified atom stereocenters. The topological polar surface area (TPSA) is 93.5 Å². The van der Waals surface area contributed by atoms with E-state index in [0.29, 0.717) is 0 Å². The Balaban J connectivity index is 1.97. The smallest absolute Gasteiger partial charge is 0.368 e. The zero-order valence-electron chi connectivity index (χ0n) is 17.6. The van der Waals surface area contributed by atoms with Crippen molar-refractivity contribution >= 4 is 21.6 Å². The van der Waals surface area contributed by atoms with Crippen LogP contribution in [-0.2, 0) is 21.0 Å². The monoisotopic (exact) mass is 484 g/mol. The Bertz CT molecular complexity index is 1220. The van der Waals surface area contributed by atoms with Crippen LogP contribution in [0.4, 0.5) is 23.2 Å². The normalized spacial score (nSPS) is 17.5. The number of carbonyl (C=O) groups is 1. The summed E-state index contributed by atoms with van der Waals surface area (Å²) in [7, 11) is -2.96. The van der Waals surface area contributed by atoms with Gasteiger partial charge in [0.1, 0.15) is 11.9 Å². The van der Waals surface area contributed by atoms with E-state index in [1.54, 1.807) is 0 Å². The number of halogens is 4. The van der Waals surface area contributed by atoms with Crippen LogP contribution in [0.5, 0.6) is 0 Å². The number of hydrogen-bond acceptors (Lipinski definition) is 5. The van der Waals surface area contributed by atoms with Gasteiger partial charge >= 0.3 is 6.18 Å². The Labute approximate surface area is 188 Å². The number of sulfonamides is 1. The Kier molecular flexibility index (Phi) is 6.67. The van der Waals surface area contributed by atoms with E-state index < -0.39 is 45.1 Å². The average Bonchev–Trinajstić information content (AvgIpc) is 2.78. The summed E-state index contributed by atoms with van der Waals surface area (Å²) in [6, 6.07) is 6.79. The van der Waals surface area contributed by atoms with Crippen molar-refractivity contribution in [2.75, 3.05) is 31.6 Å². The van der Waals surface area contributed by atoms with E-state index in [9.17, 15) is 30.8 Å². The van der Waals surface area contributed by atoms with Gasteiger partial charge in [-0.3, -0.25) is 4.79 Å². The molecule has 0 radical (unpaired) electrons. The van der Waals surface area contributed by atoms with Gasteiger partial charge in [-0.25, -0.2) is 12.8 Å². The number of likely N-dealkylation sites (N-methyl/N-ethyl adjacent to an activating group) is 1. The van der Waals surface area contributed by atoms with E-state index >= 15 is 0 Å². The SMILES string of the molecule is CNC(=O)C1CN(c2ccc(C#N)c(C(F)(F)F)c2)CCN1S(=O)(=O)c1ccc(C)c(F)c1. The number of nitriles is 1. The number of anilines is 1. The third-order valence-electron chi connectivity index (χ3n) is 5.42. The minimum atomic E-state index is -4.76. The zero-order chi connectivity index (χ0) is 24.6. The van der Waals surface area contributed by atoms with Gasteiger partial charge in [0, 0.05) is 32.4 Å². The van der Waals surface area contributed by atoms with Gasteiger partial charge < -0.3 is 10.2 Å². The van der Waals surface area contributed by atoms with Gasteiger partial charge in [0.05, 0.1) is 22.1 Å². The average molecular weight is 484 g/mol. The number of alkyl halides is 3. The standard InChI is InChI=1S/C21H20F4N4O3S/c1-13-3-6-16(10-18(13)22)33(31,32)29-8-7-28(12-19(29)20(30)27-2)15-5-4-14(11-26)17(9-15)21(23,24)25/h3-6,9-10,19H,7-8,12H2,1-2H3,(H,27,30). The summed E-state index contributed by atoms with van der Waals surface area (Å²) < 4.78 is 81.3. The number of nitrogens with one attached hydrogen (secondary N) is 1. The fourth-order valence-corrected chi connectivity index (χ4v) is 5.18. The molecule has 1 heterocycles. The molecule has 0 aliphatic carbocycles. The van der Waals surface area contributed by atoms with Crippen LogP contribution in [0.3, 0.4) is 0 Å². The minimum Gasteiger partial charge on any atom is -0.368 e. The molecular weight excluding hydrogens is 464 g/mol. The third kappa shape index (κ3) is 4.79. The first-order valence-electron chi connectivity index (χ1n) is 9.76. The van der Waals surface area contributed by atoms with Crippen LogP contribution in [0.25, 0.3) is 0 Å². The predicted molar refractivity (Wildman–Crippen MR) is 111 cm³/mol. The molecule has 1 saturated heterocycles. The summed E-state index contributed by atoms with van der Waals surface area (Å²) in [5.41, 5.74) is -1.32. The van der Waals surface area contributed by atoms with Crippen LogP contribution in [0, 0.1) is 24.1 Å². The molecule has 1 N–H and O–H groups in total. The molecule has 1 fully saturated rings. The molecule has 176 valence electrons. The summed E-state index contributed by atoms with van der Waals surface area (Å²) in [6.45, 7) is 0.989. The maximum Gasteiger partial charge on any atom is 0.417 e. The van der Waals surface area contributed by atoms with Crippen LogP contribution in [0.15, 0.2) is 41.3 Å². The van der Waals surface area contributed by atoms with Crippen LogP contribution in [-0.4, -0.2) is 51.4 Å². The highest BCUT2D eigenvalue weighted by Crippen LogP contribution is 2.35. The van der Waals surface area contributed by atoms with Crippen molar-refractivity contribution in [1.82, 2.24) is 9.62 Å². The molecule has 1 aliphatic rings. The summed E-state index contributed by atoms with van der Waals surface area (Å²) in [4.78, 5) is 13.7. The lowest BCUT2D eigenvalue weighted by molar-refractivity contribution is -0.137. The predicted octanol–water partition coefficient (Wildman–Crippen LogP) is 2.65. The molecule has 0 saturated carbocycles. The van der Waals surface area contributed by atoms with Crippen molar-refractivity contribution in [3.8, 4) is 6.07 Å². The van der Waals surface area contributed by atoms with Gasteiger partial charge in [0.25, 0.3) is 0 Å². The quantitative estimate of drug-likeness (QED) is 0.674. The molecular formula is C21H20F4N4O3S. The first kappa shape index (κ1) is 24.5. The summed E-state index contributed by atoms with van der Waals surface area (Å²) in [5, 5.41) is 11.3. The second kappa shape index (κ2) is 8.99. The minimum absolute atomic E-state index is 0.0235. The van der Waals surface area contributed by atoms with Gasteiger partial charge in [-0.05, 0) is 42.8 Å². The molecule has 0 bridgehead atoms. The lowest BCUT2D eigenvalue weighted by Crippen LogP contribution is -2.60. The van der Waals surface area contributed by atoms with Gasteiger partial charge in [-0.2, -0.15) is 22.7 Å². The van der Waals surface area contributed by atoms with E-state index in [2.05, 4.69) is 5.32 Å². The number of nitrogens with zero attached hydrogens (tertiary/aromatic N) is 3. The molecule has 0 aromatic heterocycles. The number of amides is 1. The first-order chi connectivity index (χ1) is 15.4. The molecule has 1 amide bonds. The van der Waals surface area contributed by atoms with Crippen LogP contribution >= 0.6 is 0 Å². The molecule has 1 aliphatic heterocycles. The van der Waals surface area contributed by atoms with Crippen molar-refractivity contribution in [1.29, 1.82) is 5.26 Å². The van der Waals surface area contributed by atoms with E-state index in [-0.39, 0.29) is 35.8 Å². The number of carbonyl (C=O) groups excluding carboxylic acids is 1. The lowest BCUT2D eigenvalue weighted by Gasteiger charge is -2.40. The van der Waals surface area contributed by atoms with Gasteiger partial charge in [0.15, 0.2) is 0 Å². The molecule has 12 heteroatoms. The third-order valence-corrected chi connectivity index (χ3v) is 7.33. The largest absolute Gasteiger partial charge is 0.417 e. The highest BCUT2D eigenvalue weighted by Gasteiger charge is 2.41. The summed E-state index contributed by atoms with van der Waals surface area (Å²) in [6.07, 6.45) is -4.76. The van der Waals surface area contributed by atoms with E-state index in [4.69, 9.17) is 5.26 Å². The Morgan fingerprint density at radius 1 is 1.18 bits per heavy atom. The van der Waals surface area contributed by atoms with E-state index in [0.717, 1.165) is 22.5 Å². The van der Waals surface area contributed by atoms with Crippen molar-refractivity contribution in [3.63, 3.8) is 0 Å². The Hall–Kier alpha value is -3.17. The summed E-state index contributed by atoms with van der Waals surface area (Å²) in [5.74, 6) is -1.39. The Morgan fingerprint density at radius 2 is 1.88 bits per heavy atom. The number of piperazine rings is 1. The maximum absolute atomic E-state index is 14.0. The fraction of sp³-hybridized carbons (Fsp3) is 0.333. The molecule has 3 rings (SSSR count). The maximum atomic E-state index is 14.0. The molecule has 33 heavy (non-hydrogen) atoms. The van der Waals surface area contributed by atoms with Gasteiger partial charge in [0.2, 0.25) is 15.9 Å². The second-order valence-electron chi connectivity index (χ2n) is 7.44. The van der Waals surface area contributed by atoms with E-state index in [1.807, 2.05) is 0 Å². The van der Waals surface area contributed by atoms with Crippen molar-refractivity contribution in [2.24, 2.45) is 0 Å². The van der Waals surface area contributed by atoms with Gasteiger partial charge in [-0.15, -0.1) is 0 Å². The molecule has 2 aromatic rings. The molecule has 7 nitrogen and oxygen atoms in total. The van der Waals surface area contributed by atoms with Crippen LogP contribution < -0.4 is 10.2 Å². The number of hydrogen-bond donors (Lipinski definition) is 1. The lowest BCUT2D eigenvalue weighted by atomic mass is 10.1. The van der Waals surface area contributed by atoms with Crippen molar-refractivity contribution < 1.29 is 30.8 Å².